The van der Waals surface area contributed by atoms with Gasteiger partial charge in [0.05, 0.1) is 17.9 Å². The Bertz CT molecular complexity index is 304. The largest absolute Gasteiger partial charge is 0.481 e. The monoisotopic (exact) mass is 227 g/mol. The van der Waals surface area contributed by atoms with Gasteiger partial charge in [0.2, 0.25) is 5.91 Å². The molecule has 0 aromatic carbocycles. The first-order valence-electron chi connectivity index (χ1n) is 5.78. The number of rotatable bonds is 4. The van der Waals surface area contributed by atoms with Crippen molar-refractivity contribution in [3.05, 3.63) is 0 Å². The molecule has 0 saturated heterocycles. The third-order valence-corrected chi connectivity index (χ3v) is 3.60. The van der Waals surface area contributed by atoms with Crippen molar-refractivity contribution in [3.63, 3.8) is 0 Å². The van der Waals surface area contributed by atoms with Crippen molar-refractivity contribution in [3.8, 4) is 0 Å². The summed E-state index contributed by atoms with van der Waals surface area (Å²) >= 11 is 0. The lowest BCUT2D eigenvalue weighted by molar-refractivity contribution is -0.140. The molecule has 2 fully saturated rings. The lowest BCUT2D eigenvalue weighted by atomic mass is 10.1. The molecule has 2 unspecified atom stereocenters. The highest BCUT2D eigenvalue weighted by Crippen LogP contribution is 2.38. The summed E-state index contributed by atoms with van der Waals surface area (Å²) in [6, 6.07) is 0. The number of hydrogen-bond acceptors (Lipinski definition) is 3. The van der Waals surface area contributed by atoms with E-state index in [9.17, 15) is 14.7 Å². The second kappa shape index (κ2) is 4.41. The molecule has 2 rings (SSSR count). The summed E-state index contributed by atoms with van der Waals surface area (Å²) in [5.74, 6) is -1.76. The van der Waals surface area contributed by atoms with E-state index in [1.54, 1.807) is 0 Å². The summed E-state index contributed by atoms with van der Waals surface area (Å²) in [4.78, 5) is 22.1. The fourth-order valence-electron chi connectivity index (χ4n) is 2.38. The van der Waals surface area contributed by atoms with Gasteiger partial charge in [-0.1, -0.05) is 6.42 Å². The van der Waals surface area contributed by atoms with Gasteiger partial charge in [-0.2, -0.15) is 0 Å². The molecule has 2 aliphatic carbocycles. The molecule has 0 heterocycles. The van der Waals surface area contributed by atoms with Crippen LogP contribution in [-0.2, 0) is 9.59 Å². The first-order valence-corrected chi connectivity index (χ1v) is 5.78. The fourth-order valence-corrected chi connectivity index (χ4v) is 2.38. The highest BCUT2D eigenvalue weighted by Gasteiger charge is 2.48. The normalized spacial score (nSPS) is 37.1. The van der Waals surface area contributed by atoms with Crippen molar-refractivity contribution in [2.45, 2.75) is 31.8 Å². The summed E-state index contributed by atoms with van der Waals surface area (Å²) in [6.07, 6.45) is 2.89. The van der Waals surface area contributed by atoms with E-state index in [0.717, 1.165) is 19.3 Å². The first kappa shape index (κ1) is 11.4. The molecular weight excluding hydrogens is 210 g/mol. The molecule has 16 heavy (non-hydrogen) atoms. The van der Waals surface area contributed by atoms with E-state index in [0.29, 0.717) is 13.0 Å². The van der Waals surface area contributed by atoms with Gasteiger partial charge in [0.1, 0.15) is 0 Å². The maximum Gasteiger partial charge on any atom is 0.307 e. The zero-order valence-corrected chi connectivity index (χ0v) is 9.06. The topological polar surface area (TPSA) is 86.6 Å². The van der Waals surface area contributed by atoms with Gasteiger partial charge >= 0.3 is 5.97 Å². The van der Waals surface area contributed by atoms with Gasteiger partial charge in [-0.05, 0) is 19.3 Å². The van der Waals surface area contributed by atoms with Crippen molar-refractivity contribution in [2.24, 2.45) is 17.8 Å². The van der Waals surface area contributed by atoms with Crippen LogP contribution in [0.4, 0.5) is 0 Å². The van der Waals surface area contributed by atoms with Gasteiger partial charge in [0.15, 0.2) is 0 Å². The number of aliphatic carboxylic acids is 1. The van der Waals surface area contributed by atoms with E-state index in [2.05, 4.69) is 5.32 Å². The third-order valence-electron chi connectivity index (χ3n) is 3.60. The van der Waals surface area contributed by atoms with Crippen LogP contribution in [0.25, 0.3) is 0 Å². The summed E-state index contributed by atoms with van der Waals surface area (Å²) < 4.78 is 0. The van der Waals surface area contributed by atoms with Crippen molar-refractivity contribution in [1.29, 1.82) is 0 Å². The zero-order chi connectivity index (χ0) is 11.7. The molecule has 0 radical (unpaired) electrons. The Kier molecular flexibility index (Phi) is 3.14. The van der Waals surface area contributed by atoms with E-state index < -0.39 is 11.9 Å². The van der Waals surface area contributed by atoms with Crippen LogP contribution in [-0.4, -0.2) is 34.7 Å². The Morgan fingerprint density at radius 3 is 2.50 bits per heavy atom. The molecule has 3 N–H and O–H groups in total. The fraction of sp³-hybridized carbons (Fsp3) is 0.818. The van der Waals surface area contributed by atoms with Crippen LogP contribution in [0.5, 0.6) is 0 Å². The highest BCUT2D eigenvalue weighted by atomic mass is 16.4. The standard InChI is InChI=1S/C11H17NO4/c13-9-3-1-2-6(9)5-12-10(14)7-4-8(7)11(15)16/h6-9,13H,1-5H2,(H,12,14)(H,15,16)/t6?,7-,8+,9?/m1/s1. The average molecular weight is 227 g/mol. The number of aliphatic hydroxyl groups excluding tert-OH is 1. The van der Waals surface area contributed by atoms with Gasteiger partial charge in [0.25, 0.3) is 0 Å². The Hall–Kier alpha value is -1.10. The Morgan fingerprint density at radius 2 is 2.00 bits per heavy atom. The lowest BCUT2D eigenvalue weighted by Gasteiger charge is -2.14. The molecular formula is C11H17NO4. The molecule has 4 atom stereocenters. The summed E-state index contributed by atoms with van der Waals surface area (Å²) in [5, 5.41) is 21.0. The third kappa shape index (κ3) is 2.35. The molecule has 5 nitrogen and oxygen atoms in total. The molecule has 0 bridgehead atoms. The summed E-state index contributed by atoms with van der Waals surface area (Å²) in [7, 11) is 0. The van der Waals surface area contributed by atoms with Crippen LogP contribution in [0.2, 0.25) is 0 Å². The Labute approximate surface area is 93.8 Å². The number of aliphatic hydroxyl groups is 1. The molecule has 0 aromatic heterocycles. The summed E-state index contributed by atoms with van der Waals surface area (Å²) in [6.45, 7) is 0.475. The second-order valence-corrected chi connectivity index (χ2v) is 4.79. The van der Waals surface area contributed by atoms with Gasteiger partial charge in [-0.3, -0.25) is 9.59 Å². The minimum atomic E-state index is -0.888. The number of carbonyl (C=O) groups excluding carboxylic acids is 1. The minimum absolute atomic E-state index is 0.144. The van der Waals surface area contributed by atoms with E-state index in [-0.39, 0.29) is 23.8 Å². The van der Waals surface area contributed by atoms with Crippen LogP contribution in [0.3, 0.4) is 0 Å². The van der Waals surface area contributed by atoms with Gasteiger partial charge < -0.3 is 15.5 Å². The number of carboxylic acid groups (broad SMARTS) is 1. The average Bonchev–Trinajstić information content (AvgIpc) is 2.94. The van der Waals surface area contributed by atoms with Gasteiger partial charge in [-0.15, -0.1) is 0 Å². The van der Waals surface area contributed by atoms with Crippen LogP contribution in [0.15, 0.2) is 0 Å². The molecule has 1 amide bonds. The smallest absolute Gasteiger partial charge is 0.307 e. The van der Waals surface area contributed by atoms with Crippen LogP contribution in [0.1, 0.15) is 25.7 Å². The van der Waals surface area contributed by atoms with Crippen molar-refractivity contribution >= 4 is 11.9 Å². The molecule has 5 heteroatoms. The van der Waals surface area contributed by atoms with Gasteiger partial charge in [0, 0.05) is 12.5 Å². The minimum Gasteiger partial charge on any atom is -0.481 e. The first-order chi connectivity index (χ1) is 7.59. The van der Waals surface area contributed by atoms with Gasteiger partial charge in [-0.25, -0.2) is 0 Å². The zero-order valence-electron chi connectivity index (χ0n) is 9.06. The predicted octanol–water partition coefficient (Wildman–Crippen LogP) is -0.0157. The van der Waals surface area contributed by atoms with Crippen molar-refractivity contribution in [2.75, 3.05) is 6.54 Å². The molecule has 2 saturated carbocycles. The van der Waals surface area contributed by atoms with E-state index in [4.69, 9.17) is 5.11 Å². The Morgan fingerprint density at radius 1 is 1.25 bits per heavy atom. The number of carbonyl (C=O) groups is 2. The van der Waals surface area contributed by atoms with Crippen molar-refractivity contribution < 1.29 is 19.8 Å². The quantitative estimate of drug-likeness (QED) is 0.630. The molecule has 2 aliphatic rings. The maximum atomic E-state index is 11.5. The second-order valence-electron chi connectivity index (χ2n) is 4.79. The highest BCUT2D eigenvalue weighted by molar-refractivity contribution is 5.89. The van der Waals surface area contributed by atoms with E-state index >= 15 is 0 Å². The summed E-state index contributed by atoms with van der Waals surface area (Å²) in [5.41, 5.74) is 0. The molecule has 0 aromatic rings. The lowest BCUT2D eigenvalue weighted by Crippen LogP contribution is -2.34. The molecule has 90 valence electrons. The number of nitrogens with one attached hydrogen (secondary N) is 1. The number of hydrogen-bond donors (Lipinski definition) is 3. The predicted molar refractivity (Wildman–Crippen MR) is 55.6 cm³/mol. The molecule has 0 aliphatic heterocycles. The van der Waals surface area contributed by atoms with Crippen LogP contribution < -0.4 is 5.32 Å². The van der Waals surface area contributed by atoms with E-state index in [1.165, 1.54) is 0 Å². The number of amides is 1. The van der Waals surface area contributed by atoms with E-state index in [1.807, 2.05) is 0 Å². The maximum absolute atomic E-state index is 11.5. The van der Waals surface area contributed by atoms with Crippen molar-refractivity contribution in [1.82, 2.24) is 5.32 Å². The SMILES string of the molecule is O=C(O)[C@H]1C[C@H]1C(=O)NCC1CCCC1O. The number of carboxylic acids is 1. The molecule has 0 spiro atoms. The van der Waals surface area contributed by atoms with Crippen LogP contribution in [0, 0.1) is 17.8 Å². The Balaban J connectivity index is 1.71. The van der Waals surface area contributed by atoms with Crippen LogP contribution >= 0.6 is 0 Å².